The van der Waals surface area contributed by atoms with Crippen LogP contribution in [0.15, 0.2) is 24.3 Å². The maximum atomic E-state index is 5.42. The highest BCUT2D eigenvalue weighted by Crippen LogP contribution is 2.32. The van der Waals surface area contributed by atoms with Crippen molar-refractivity contribution in [2.45, 2.75) is 13.1 Å². The normalized spacial score (nSPS) is 19.4. The second kappa shape index (κ2) is 5.49. The van der Waals surface area contributed by atoms with Crippen molar-refractivity contribution in [3.63, 3.8) is 0 Å². The summed E-state index contributed by atoms with van der Waals surface area (Å²) in [5.41, 5.74) is 0. The van der Waals surface area contributed by atoms with E-state index >= 15 is 0 Å². The molecule has 0 atom stereocenters. The fourth-order valence-electron chi connectivity index (χ4n) is 1.50. The molecule has 0 saturated carbocycles. The highest BCUT2D eigenvalue weighted by atomic mass is 28.3. The predicted octanol–water partition coefficient (Wildman–Crippen LogP) is 1.19. The Bertz CT molecular complexity index is 316. The van der Waals surface area contributed by atoms with Gasteiger partial charge in [-0.1, -0.05) is 12.1 Å². The zero-order valence-corrected chi connectivity index (χ0v) is 11.8. The Labute approximate surface area is 98.8 Å². The molecular weight excluding hydrogens is 240 g/mol. The molecule has 4 nitrogen and oxygen atoms in total. The molecule has 88 valence electrons. The summed E-state index contributed by atoms with van der Waals surface area (Å²) in [6.45, 7) is 5.70. The van der Waals surface area contributed by atoms with Crippen molar-refractivity contribution in [3.8, 4) is 11.5 Å². The van der Waals surface area contributed by atoms with E-state index in [4.69, 9.17) is 17.7 Å². The molecule has 1 aromatic rings. The third-order valence-electron chi connectivity index (χ3n) is 2.22. The van der Waals surface area contributed by atoms with Crippen molar-refractivity contribution in [2.75, 3.05) is 13.2 Å². The molecule has 0 aromatic heterocycles. The van der Waals surface area contributed by atoms with Crippen molar-refractivity contribution >= 4 is 18.6 Å². The zero-order valence-electron chi connectivity index (χ0n) is 9.51. The van der Waals surface area contributed by atoms with E-state index in [0.717, 1.165) is 24.7 Å². The van der Waals surface area contributed by atoms with Crippen LogP contribution in [0.4, 0.5) is 0 Å². The maximum Gasteiger partial charge on any atom is 0.441 e. The average molecular weight is 256 g/mol. The zero-order chi connectivity index (χ0) is 11.4. The van der Waals surface area contributed by atoms with Crippen LogP contribution in [-0.4, -0.2) is 31.8 Å². The molecule has 2 aliphatic rings. The fourth-order valence-corrected chi connectivity index (χ4v) is 3.61. The van der Waals surface area contributed by atoms with Crippen LogP contribution in [0, 0.1) is 0 Å². The third-order valence-corrected chi connectivity index (χ3v) is 4.81. The number of fused-ring (bicyclic) bond motifs is 1. The summed E-state index contributed by atoms with van der Waals surface area (Å²) >= 11 is 0. The first-order chi connectivity index (χ1) is 7.75. The van der Waals surface area contributed by atoms with Crippen molar-refractivity contribution in [2.24, 2.45) is 0 Å². The van der Waals surface area contributed by atoms with Crippen molar-refractivity contribution in [1.29, 1.82) is 0 Å². The van der Waals surface area contributed by atoms with E-state index < -0.39 is 18.6 Å². The quantitative estimate of drug-likeness (QED) is 0.654. The lowest BCUT2D eigenvalue weighted by Gasteiger charge is -1.96. The molecule has 2 aliphatic heterocycles. The minimum atomic E-state index is -1.34. The van der Waals surface area contributed by atoms with E-state index in [-0.39, 0.29) is 0 Å². The van der Waals surface area contributed by atoms with Gasteiger partial charge < -0.3 is 17.7 Å². The molecule has 16 heavy (non-hydrogen) atoms. The lowest BCUT2D eigenvalue weighted by atomic mass is 10.3. The van der Waals surface area contributed by atoms with Gasteiger partial charge in [-0.25, -0.2) is 0 Å². The van der Waals surface area contributed by atoms with Gasteiger partial charge in [0.05, 0.1) is 13.2 Å². The number of hydrogen-bond acceptors (Lipinski definition) is 4. The van der Waals surface area contributed by atoms with Crippen LogP contribution in [0.3, 0.4) is 0 Å². The summed E-state index contributed by atoms with van der Waals surface area (Å²) in [7, 11) is -2.39. The van der Waals surface area contributed by atoms with E-state index in [1.165, 1.54) is 0 Å². The molecule has 3 rings (SSSR count). The molecule has 1 aromatic carbocycles. The first-order valence-corrected chi connectivity index (χ1v) is 9.61. The Morgan fingerprint density at radius 1 is 0.875 bits per heavy atom. The van der Waals surface area contributed by atoms with E-state index in [2.05, 4.69) is 0 Å². The molecule has 0 bridgehead atoms. The Kier molecular flexibility index (Phi) is 4.00. The van der Waals surface area contributed by atoms with Crippen molar-refractivity contribution in [1.82, 2.24) is 0 Å². The summed E-state index contributed by atoms with van der Waals surface area (Å²) in [6.07, 6.45) is 0. The molecule has 0 spiro atoms. The highest BCUT2D eigenvalue weighted by molar-refractivity contribution is 6.45. The number of rotatable bonds is 0. The van der Waals surface area contributed by atoms with Gasteiger partial charge in [-0.2, -0.15) is 0 Å². The van der Waals surface area contributed by atoms with Crippen LogP contribution in [0.25, 0.3) is 0 Å². The standard InChI is InChI=1S/C7H8O2Si.C3H8O2Si/c1-10-8-6-4-2-3-5-7(6)9-10;1-6-4-2-3-5-6/h2-5,10H,1H3;6H,2-3H2,1H3. The van der Waals surface area contributed by atoms with Gasteiger partial charge in [0.25, 0.3) is 0 Å². The summed E-state index contributed by atoms with van der Waals surface area (Å²) in [5, 5.41) is 0. The lowest BCUT2D eigenvalue weighted by molar-refractivity contribution is 0.365. The van der Waals surface area contributed by atoms with E-state index in [1.54, 1.807) is 0 Å². The Hall–Kier alpha value is -0.826. The summed E-state index contributed by atoms with van der Waals surface area (Å²) in [5.74, 6) is 1.81. The molecule has 1 fully saturated rings. The minimum absolute atomic E-state index is 0.827. The SMILES string of the molecule is C[SiH]1OCCO1.C[SiH]1Oc2ccccc2O1. The fraction of sp³-hybridized carbons (Fsp3) is 0.400. The molecule has 0 amide bonds. The summed E-state index contributed by atoms with van der Waals surface area (Å²) < 4.78 is 21.0. The molecule has 0 unspecified atom stereocenters. The molecule has 0 N–H and O–H groups in total. The highest BCUT2D eigenvalue weighted by Gasteiger charge is 2.20. The average Bonchev–Trinajstić information content (AvgIpc) is 2.86. The Morgan fingerprint density at radius 2 is 1.38 bits per heavy atom. The van der Waals surface area contributed by atoms with Crippen LogP contribution in [0.1, 0.15) is 0 Å². The van der Waals surface area contributed by atoms with Gasteiger partial charge in [0, 0.05) is 0 Å². The van der Waals surface area contributed by atoms with Crippen LogP contribution < -0.4 is 8.85 Å². The van der Waals surface area contributed by atoms with Crippen LogP contribution in [0.5, 0.6) is 11.5 Å². The van der Waals surface area contributed by atoms with Crippen LogP contribution in [0.2, 0.25) is 13.1 Å². The number of hydrogen-bond donors (Lipinski definition) is 0. The van der Waals surface area contributed by atoms with E-state index in [1.807, 2.05) is 37.4 Å². The second-order valence-electron chi connectivity index (χ2n) is 3.56. The van der Waals surface area contributed by atoms with Gasteiger partial charge in [0.1, 0.15) is 11.5 Å². The maximum absolute atomic E-state index is 5.42. The summed E-state index contributed by atoms with van der Waals surface area (Å²) in [4.78, 5) is 0. The summed E-state index contributed by atoms with van der Waals surface area (Å²) in [6, 6.07) is 7.78. The van der Waals surface area contributed by atoms with Crippen molar-refractivity contribution in [3.05, 3.63) is 24.3 Å². The largest absolute Gasteiger partial charge is 0.511 e. The van der Waals surface area contributed by atoms with E-state index in [9.17, 15) is 0 Å². The monoisotopic (exact) mass is 256 g/mol. The Balaban J connectivity index is 0.000000138. The van der Waals surface area contributed by atoms with Gasteiger partial charge in [-0.05, 0) is 25.2 Å². The lowest BCUT2D eigenvalue weighted by Crippen LogP contribution is -2.18. The second-order valence-corrected chi connectivity index (χ2v) is 6.97. The molecule has 0 aliphatic carbocycles. The number of para-hydroxylation sites is 2. The van der Waals surface area contributed by atoms with E-state index in [0.29, 0.717) is 0 Å². The smallest absolute Gasteiger partial charge is 0.441 e. The van der Waals surface area contributed by atoms with Crippen LogP contribution >= 0.6 is 0 Å². The predicted molar refractivity (Wildman–Crippen MR) is 65.6 cm³/mol. The van der Waals surface area contributed by atoms with Crippen molar-refractivity contribution < 1.29 is 17.7 Å². The molecular formula is C10H16O4Si2. The minimum Gasteiger partial charge on any atom is -0.511 e. The van der Waals surface area contributed by atoms with Gasteiger partial charge in [0.2, 0.25) is 0 Å². The molecule has 6 heteroatoms. The first kappa shape index (κ1) is 11.7. The first-order valence-electron chi connectivity index (χ1n) is 5.41. The van der Waals surface area contributed by atoms with Gasteiger partial charge in [-0.15, -0.1) is 0 Å². The number of benzene rings is 1. The van der Waals surface area contributed by atoms with Gasteiger partial charge in [-0.3, -0.25) is 0 Å². The topological polar surface area (TPSA) is 36.9 Å². The third kappa shape index (κ3) is 3.08. The molecule has 0 radical (unpaired) electrons. The van der Waals surface area contributed by atoms with Crippen LogP contribution in [-0.2, 0) is 8.85 Å². The van der Waals surface area contributed by atoms with Gasteiger partial charge in [0.15, 0.2) is 0 Å². The van der Waals surface area contributed by atoms with Gasteiger partial charge >= 0.3 is 18.6 Å². The Morgan fingerprint density at radius 3 is 1.75 bits per heavy atom. The molecule has 1 saturated heterocycles. The molecule has 2 heterocycles.